The second kappa shape index (κ2) is 11.5. The molecule has 2 heterocycles. The zero-order valence-electron chi connectivity index (χ0n) is 23.2. The maximum Gasteiger partial charge on any atom is 0.407 e. The van der Waals surface area contributed by atoms with E-state index in [4.69, 9.17) is 4.74 Å². The minimum atomic E-state index is -0.946. The van der Waals surface area contributed by atoms with Crippen molar-refractivity contribution in [1.29, 1.82) is 0 Å². The summed E-state index contributed by atoms with van der Waals surface area (Å²) in [5.74, 6) is 0.798. The van der Waals surface area contributed by atoms with Crippen molar-refractivity contribution < 1.29 is 24.2 Å². The van der Waals surface area contributed by atoms with Crippen LogP contribution in [-0.2, 0) is 16.1 Å². The average Bonchev–Trinajstić information content (AvgIpc) is 3.93. The van der Waals surface area contributed by atoms with Crippen LogP contribution in [0.1, 0.15) is 44.1 Å². The van der Waals surface area contributed by atoms with Crippen LogP contribution < -0.4 is 9.64 Å². The molecule has 2 saturated carbocycles. The van der Waals surface area contributed by atoms with E-state index in [1.54, 1.807) is 4.90 Å². The second-order valence-corrected chi connectivity index (χ2v) is 12.7. The van der Waals surface area contributed by atoms with Crippen molar-refractivity contribution in [1.82, 2.24) is 14.7 Å². The average molecular weight is 626 g/mol. The lowest BCUT2D eigenvalue weighted by Gasteiger charge is -2.37. The Balaban J connectivity index is 1.09. The molecule has 0 bridgehead atoms. The van der Waals surface area contributed by atoms with Gasteiger partial charge in [0.25, 0.3) is 5.91 Å². The van der Waals surface area contributed by atoms with Crippen molar-refractivity contribution in [2.75, 3.05) is 44.2 Å². The summed E-state index contributed by atoms with van der Waals surface area (Å²) in [6, 6.07) is 16.4. The molecule has 6 rings (SSSR count). The van der Waals surface area contributed by atoms with Crippen molar-refractivity contribution in [3.63, 3.8) is 0 Å². The first-order valence-corrected chi connectivity index (χ1v) is 15.5. The van der Waals surface area contributed by atoms with Gasteiger partial charge in [0.15, 0.2) is 5.60 Å². The number of carboxylic acid groups (broad SMARTS) is 1. The molecule has 9 nitrogen and oxygen atoms in total. The van der Waals surface area contributed by atoms with E-state index in [-0.39, 0.29) is 17.7 Å². The van der Waals surface area contributed by atoms with Gasteiger partial charge in [0.1, 0.15) is 5.75 Å². The Morgan fingerprint density at radius 2 is 1.66 bits per heavy atom. The summed E-state index contributed by atoms with van der Waals surface area (Å²) in [6.45, 7) is 3.62. The SMILES string of the molecule is O=C(O)N1CCN(C(=O)C2(Oc3cccc(N4CCCC(C(=O)N(Cc5ccc(Br)cc5)C5CC5)C4)c3)CC2)CC1. The zero-order chi connectivity index (χ0) is 28.6. The summed E-state index contributed by atoms with van der Waals surface area (Å²) >= 11 is 3.50. The van der Waals surface area contributed by atoms with Crippen molar-refractivity contribution in [3.05, 3.63) is 58.6 Å². The lowest BCUT2D eigenvalue weighted by molar-refractivity contribution is -0.142. The van der Waals surface area contributed by atoms with Crippen LogP contribution in [0, 0.1) is 5.92 Å². The Morgan fingerprint density at radius 3 is 2.32 bits per heavy atom. The number of hydrogen-bond donors (Lipinski definition) is 1. The Morgan fingerprint density at radius 1 is 0.951 bits per heavy atom. The molecule has 41 heavy (non-hydrogen) atoms. The summed E-state index contributed by atoms with van der Waals surface area (Å²) in [5.41, 5.74) is 1.30. The van der Waals surface area contributed by atoms with E-state index in [2.05, 4.69) is 37.9 Å². The maximum absolute atomic E-state index is 13.8. The number of halogens is 1. The summed E-state index contributed by atoms with van der Waals surface area (Å²) in [7, 11) is 0. The lowest BCUT2D eigenvalue weighted by atomic mass is 9.95. The number of nitrogens with zero attached hydrogens (tertiary/aromatic N) is 4. The van der Waals surface area contributed by atoms with E-state index in [1.807, 2.05) is 36.4 Å². The van der Waals surface area contributed by atoms with Gasteiger partial charge in [-0.1, -0.05) is 34.1 Å². The second-order valence-electron chi connectivity index (χ2n) is 11.8. The van der Waals surface area contributed by atoms with Gasteiger partial charge in [0.2, 0.25) is 5.91 Å². The fourth-order valence-electron chi connectivity index (χ4n) is 6.04. The number of piperazine rings is 1. The monoisotopic (exact) mass is 624 g/mol. The topological polar surface area (TPSA) is 93.6 Å². The van der Waals surface area contributed by atoms with E-state index < -0.39 is 11.7 Å². The van der Waals surface area contributed by atoms with Gasteiger partial charge >= 0.3 is 6.09 Å². The summed E-state index contributed by atoms with van der Waals surface area (Å²) in [5, 5.41) is 9.20. The highest BCUT2D eigenvalue weighted by molar-refractivity contribution is 9.10. The molecule has 3 amide bonds. The number of anilines is 1. The fraction of sp³-hybridized carbons (Fsp3) is 0.516. The first-order valence-electron chi connectivity index (χ1n) is 14.7. The van der Waals surface area contributed by atoms with Crippen LogP contribution in [0.2, 0.25) is 0 Å². The Bertz CT molecular complexity index is 1290. The fourth-order valence-corrected chi connectivity index (χ4v) is 6.30. The quantitative estimate of drug-likeness (QED) is 0.462. The Kier molecular flexibility index (Phi) is 7.85. The number of hydrogen-bond acceptors (Lipinski definition) is 5. The minimum absolute atomic E-state index is 0.0507. The minimum Gasteiger partial charge on any atom is -0.477 e. The molecule has 4 aliphatic rings. The third kappa shape index (κ3) is 6.32. The third-order valence-electron chi connectivity index (χ3n) is 8.73. The molecule has 10 heteroatoms. The van der Waals surface area contributed by atoms with Crippen LogP contribution in [0.4, 0.5) is 10.5 Å². The summed E-state index contributed by atoms with van der Waals surface area (Å²) in [4.78, 5) is 45.7. The van der Waals surface area contributed by atoms with Gasteiger partial charge in [-0.25, -0.2) is 4.79 Å². The van der Waals surface area contributed by atoms with E-state index in [9.17, 15) is 19.5 Å². The molecule has 218 valence electrons. The standard InChI is InChI=1S/C31H37BrN4O5/c32-24-8-6-22(7-9-24)20-36(25-10-11-25)28(37)23-3-2-14-35(21-23)26-4-1-5-27(19-26)41-31(12-13-31)29(38)33-15-17-34(18-16-33)30(39)40/h1,4-9,19,23,25H,2-3,10-18,20-21H2,(H,39,40). The highest BCUT2D eigenvalue weighted by Crippen LogP contribution is 2.43. The number of carbonyl (C=O) groups is 3. The van der Waals surface area contributed by atoms with Gasteiger partial charge < -0.3 is 29.4 Å². The van der Waals surface area contributed by atoms with Crippen molar-refractivity contribution in [2.24, 2.45) is 5.92 Å². The summed E-state index contributed by atoms with van der Waals surface area (Å²) in [6.07, 6.45) is 4.36. The molecule has 0 spiro atoms. The lowest BCUT2D eigenvalue weighted by Crippen LogP contribution is -2.54. The van der Waals surface area contributed by atoms with Crippen LogP contribution in [0.5, 0.6) is 5.75 Å². The highest BCUT2D eigenvalue weighted by atomic mass is 79.9. The number of carbonyl (C=O) groups excluding carboxylic acids is 2. The smallest absolute Gasteiger partial charge is 0.407 e. The molecule has 2 aliphatic heterocycles. The summed E-state index contributed by atoms with van der Waals surface area (Å²) < 4.78 is 7.37. The van der Waals surface area contributed by atoms with Crippen LogP contribution in [0.25, 0.3) is 0 Å². The number of rotatable bonds is 8. The Labute approximate surface area is 249 Å². The highest BCUT2D eigenvalue weighted by Gasteiger charge is 2.55. The largest absolute Gasteiger partial charge is 0.477 e. The number of benzene rings is 2. The first kappa shape index (κ1) is 27.9. The van der Waals surface area contributed by atoms with Crippen LogP contribution in [0.3, 0.4) is 0 Å². The van der Waals surface area contributed by atoms with Crippen molar-refractivity contribution >= 4 is 39.5 Å². The van der Waals surface area contributed by atoms with E-state index >= 15 is 0 Å². The van der Waals surface area contributed by atoms with E-state index in [1.165, 1.54) is 4.90 Å². The van der Waals surface area contributed by atoms with Crippen LogP contribution >= 0.6 is 15.9 Å². The molecular weight excluding hydrogens is 588 g/mol. The van der Waals surface area contributed by atoms with Gasteiger partial charge in [0, 0.05) is 80.9 Å². The van der Waals surface area contributed by atoms with Gasteiger partial charge in [-0.15, -0.1) is 0 Å². The van der Waals surface area contributed by atoms with Gasteiger partial charge in [-0.05, 0) is 55.5 Å². The van der Waals surface area contributed by atoms with Gasteiger partial charge in [-0.3, -0.25) is 9.59 Å². The molecular formula is C31H37BrN4O5. The van der Waals surface area contributed by atoms with Crippen molar-refractivity contribution in [2.45, 2.75) is 56.7 Å². The third-order valence-corrected chi connectivity index (χ3v) is 9.26. The van der Waals surface area contributed by atoms with E-state index in [0.717, 1.165) is 48.0 Å². The van der Waals surface area contributed by atoms with E-state index in [0.29, 0.717) is 63.9 Å². The van der Waals surface area contributed by atoms with Crippen molar-refractivity contribution in [3.8, 4) is 5.75 Å². The Hall–Kier alpha value is -3.27. The number of piperidine rings is 1. The van der Waals surface area contributed by atoms with Crippen LogP contribution in [0.15, 0.2) is 53.0 Å². The molecule has 2 saturated heterocycles. The predicted octanol–water partition coefficient (Wildman–Crippen LogP) is 4.59. The van der Waals surface area contributed by atoms with Gasteiger partial charge in [-0.2, -0.15) is 0 Å². The number of amides is 3. The molecule has 0 aromatic heterocycles. The molecule has 1 unspecified atom stereocenters. The molecule has 4 fully saturated rings. The molecule has 2 aromatic rings. The number of ether oxygens (including phenoxy) is 1. The normalized spacial score (nSPS) is 21.8. The zero-order valence-corrected chi connectivity index (χ0v) is 24.8. The first-order chi connectivity index (χ1) is 19.8. The van der Waals surface area contributed by atoms with Crippen LogP contribution in [-0.4, -0.2) is 88.6 Å². The predicted molar refractivity (Wildman–Crippen MR) is 158 cm³/mol. The van der Waals surface area contributed by atoms with Gasteiger partial charge in [0.05, 0.1) is 5.92 Å². The molecule has 1 N–H and O–H groups in total. The molecule has 0 radical (unpaired) electrons. The molecule has 2 aliphatic carbocycles. The molecule has 2 aromatic carbocycles. The maximum atomic E-state index is 13.8. The molecule has 1 atom stereocenters.